The normalized spacial score (nSPS) is 20.7. The number of aromatic nitrogens is 2. The highest BCUT2D eigenvalue weighted by atomic mass is 16.5. The van der Waals surface area contributed by atoms with Crippen molar-refractivity contribution in [3.05, 3.63) is 48.3 Å². The summed E-state index contributed by atoms with van der Waals surface area (Å²) in [7, 11) is 1.70. The van der Waals surface area contributed by atoms with E-state index >= 15 is 0 Å². The van der Waals surface area contributed by atoms with Gasteiger partial charge in [-0.25, -0.2) is 9.97 Å². The molecule has 162 valence electrons. The molecule has 6 heteroatoms. The number of methoxy groups -OCH3 is 1. The van der Waals surface area contributed by atoms with Crippen LogP contribution in [0.1, 0.15) is 50.0 Å². The molecule has 0 spiro atoms. The summed E-state index contributed by atoms with van der Waals surface area (Å²) >= 11 is 0. The maximum Gasteiger partial charge on any atom is 0.225 e. The van der Waals surface area contributed by atoms with E-state index in [1.165, 1.54) is 12.0 Å². The Morgan fingerprint density at radius 2 is 1.67 bits per heavy atom. The van der Waals surface area contributed by atoms with Crippen LogP contribution in [-0.2, 0) is 0 Å². The molecule has 4 rings (SSSR count). The summed E-state index contributed by atoms with van der Waals surface area (Å²) in [4.78, 5) is 13.5. The summed E-state index contributed by atoms with van der Waals surface area (Å²) in [5.74, 6) is 1.86. The van der Waals surface area contributed by atoms with Crippen LogP contribution in [0.2, 0.25) is 0 Å². The smallest absolute Gasteiger partial charge is 0.225 e. The van der Waals surface area contributed by atoms with Gasteiger partial charge in [0, 0.05) is 44.5 Å². The van der Waals surface area contributed by atoms with Crippen LogP contribution in [-0.4, -0.2) is 65.4 Å². The first-order valence-electron chi connectivity index (χ1n) is 11.3. The van der Waals surface area contributed by atoms with Crippen molar-refractivity contribution in [1.29, 1.82) is 0 Å². The van der Waals surface area contributed by atoms with Gasteiger partial charge in [-0.05, 0) is 49.6 Å². The zero-order valence-electron chi connectivity index (χ0n) is 18.0. The summed E-state index contributed by atoms with van der Waals surface area (Å²) in [6, 6.07) is 10.2. The van der Waals surface area contributed by atoms with E-state index in [9.17, 15) is 5.11 Å². The quantitative estimate of drug-likeness (QED) is 0.754. The minimum absolute atomic E-state index is 0.166. The molecule has 1 N–H and O–H groups in total. The average Bonchev–Trinajstić information content (AvgIpc) is 2.81. The molecule has 1 aromatic heterocycles. The molecule has 2 aliphatic rings. The van der Waals surface area contributed by atoms with Gasteiger partial charge in [-0.1, -0.05) is 31.4 Å². The summed E-state index contributed by atoms with van der Waals surface area (Å²) in [5.41, 5.74) is 0.642. The van der Waals surface area contributed by atoms with Gasteiger partial charge in [0.05, 0.1) is 12.7 Å². The van der Waals surface area contributed by atoms with E-state index in [0.29, 0.717) is 0 Å². The van der Waals surface area contributed by atoms with Gasteiger partial charge in [-0.2, -0.15) is 0 Å². The monoisotopic (exact) mass is 410 g/mol. The summed E-state index contributed by atoms with van der Waals surface area (Å²) in [6.45, 7) is 4.91. The Morgan fingerprint density at radius 3 is 2.30 bits per heavy atom. The summed E-state index contributed by atoms with van der Waals surface area (Å²) in [5, 5.41) is 11.6. The minimum atomic E-state index is -0.591. The number of hydrogen-bond donors (Lipinski definition) is 1. The van der Waals surface area contributed by atoms with Gasteiger partial charge in [-0.15, -0.1) is 0 Å². The Kier molecular flexibility index (Phi) is 6.85. The third-order valence-corrected chi connectivity index (χ3v) is 6.83. The maximum atomic E-state index is 11.6. The van der Waals surface area contributed by atoms with Gasteiger partial charge in [0.25, 0.3) is 0 Å². The molecule has 2 aromatic rings. The molecule has 1 aliphatic carbocycles. The van der Waals surface area contributed by atoms with Gasteiger partial charge in [-0.3, -0.25) is 4.90 Å². The number of hydrogen-bond acceptors (Lipinski definition) is 6. The van der Waals surface area contributed by atoms with Gasteiger partial charge < -0.3 is 14.7 Å². The molecule has 1 saturated heterocycles. The van der Waals surface area contributed by atoms with E-state index in [0.717, 1.165) is 76.5 Å². The summed E-state index contributed by atoms with van der Waals surface area (Å²) < 4.78 is 5.34. The van der Waals surface area contributed by atoms with Crippen molar-refractivity contribution in [3.63, 3.8) is 0 Å². The fourth-order valence-electron chi connectivity index (χ4n) is 5.03. The van der Waals surface area contributed by atoms with Crippen LogP contribution in [0.25, 0.3) is 0 Å². The molecule has 0 amide bonds. The summed E-state index contributed by atoms with van der Waals surface area (Å²) in [6.07, 6.45) is 9.88. The van der Waals surface area contributed by atoms with Crippen molar-refractivity contribution < 1.29 is 9.84 Å². The van der Waals surface area contributed by atoms with E-state index in [2.05, 4.69) is 31.9 Å². The number of benzene rings is 1. The molecule has 1 aromatic carbocycles. The number of aliphatic hydroxyl groups is 1. The SMILES string of the molecule is COc1ccc(C(CCN2CCN(c3ncccn3)CC2)C2(O)CCCCC2)cc1. The predicted molar refractivity (Wildman–Crippen MR) is 119 cm³/mol. The second kappa shape index (κ2) is 9.75. The first-order chi connectivity index (χ1) is 14.7. The molecule has 2 heterocycles. The highest BCUT2D eigenvalue weighted by molar-refractivity contribution is 5.31. The number of rotatable bonds is 7. The Labute approximate surface area is 179 Å². The van der Waals surface area contributed by atoms with Crippen molar-refractivity contribution in [2.45, 2.75) is 50.0 Å². The highest BCUT2D eigenvalue weighted by Gasteiger charge is 2.38. The van der Waals surface area contributed by atoms with Gasteiger partial charge in [0.2, 0.25) is 5.95 Å². The minimum Gasteiger partial charge on any atom is -0.497 e. The topological polar surface area (TPSA) is 61.7 Å². The average molecular weight is 411 g/mol. The fourth-order valence-corrected chi connectivity index (χ4v) is 5.03. The Bertz CT molecular complexity index is 770. The molecule has 1 atom stereocenters. The van der Waals surface area contributed by atoms with Gasteiger partial charge in [0.1, 0.15) is 5.75 Å². The van der Waals surface area contributed by atoms with Crippen molar-refractivity contribution in [1.82, 2.24) is 14.9 Å². The van der Waals surface area contributed by atoms with Crippen LogP contribution in [0.5, 0.6) is 5.75 Å². The second-order valence-electron chi connectivity index (χ2n) is 8.66. The van der Waals surface area contributed by atoms with Crippen molar-refractivity contribution >= 4 is 5.95 Å². The van der Waals surface area contributed by atoms with Gasteiger partial charge in [0.15, 0.2) is 0 Å². The van der Waals surface area contributed by atoms with E-state index < -0.39 is 5.60 Å². The molecular formula is C24H34N4O2. The zero-order chi connectivity index (χ0) is 20.8. The van der Waals surface area contributed by atoms with Crippen molar-refractivity contribution in [3.8, 4) is 5.75 Å². The number of ether oxygens (including phenoxy) is 1. The first-order valence-corrected chi connectivity index (χ1v) is 11.3. The molecule has 30 heavy (non-hydrogen) atoms. The molecular weight excluding hydrogens is 376 g/mol. The molecule has 1 unspecified atom stereocenters. The second-order valence-corrected chi connectivity index (χ2v) is 8.66. The Hall–Kier alpha value is -2.18. The lowest BCUT2D eigenvalue weighted by atomic mass is 9.71. The van der Waals surface area contributed by atoms with Gasteiger partial charge >= 0.3 is 0 Å². The lowest BCUT2D eigenvalue weighted by Gasteiger charge is -2.41. The van der Waals surface area contributed by atoms with Crippen LogP contribution in [0.3, 0.4) is 0 Å². The first kappa shape index (κ1) is 21.1. The van der Waals surface area contributed by atoms with E-state index in [1.54, 1.807) is 19.5 Å². The standard InChI is InChI=1S/C24H34N4O2/c1-30-21-8-6-20(7-9-21)22(24(29)11-3-2-4-12-24)10-15-27-16-18-28(19-17-27)23-25-13-5-14-26-23/h5-9,13-14,22,29H,2-4,10-12,15-19H2,1H3. The van der Waals surface area contributed by atoms with Crippen molar-refractivity contribution in [2.75, 3.05) is 44.7 Å². The fraction of sp³-hybridized carbons (Fsp3) is 0.583. The van der Waals surface area contributed by atoms with E-state index in [4.69, 9.17) is 4.74 Å². The largest absolute Gasteiger partial charge is 0.497 e. The lowest BCUT2D eigenvalue weighted by Crippen LogP contribution is -2.48. The maximum absolute atomic E-state index is 11.6. The molecule has 1 aliphatic heterocycles. The molecule has 0 bridgehead atoms. The number of piperazine rings is 1. The molecule has 0 radical (unpaired) electrons. The third kappa shape index (κ3) is 4.93. The van der Waals surface area contributed by atoms with Crippen LogP contribution >= 0.6 is 0 Å². The zero-order valence-corrected chi connectivity index (χ0v) is 18.0. The lowest BCUT2D eigenvalue weighted by molar-refractivity contribution is -0.0264. The molecule has 6 nitrogen and oxygen atoms in total. The van der Waals surface area contributed by atoms with Crippen molar-refractivity contribution in [2.24, 2.45) is 0 Å². The van der Waals surface area contributed by atoms with Crippen LogP contribution in [0.4, 0.5) is 5.95 Å². The Balaban J connectivity index is 1.39. The molecule has 1 saturated carbocycles. The number of nitrogens with zero attached hydrogens (tertiary/aromatic N) is 4. The highest BCUT2D eigenvalue weighted by Crippen LogP contribution is 2.42. The van der Waals surface area contributed by atoms with Crippen LogP contribution in [0.15, 0.2) is 42.7 Å². The van der Waals surface area contributed by atoms with Crippen LogP contribution in [0, 0.1) is 0 Å². The van der Waals surface area contributed by atoms with E-state index in [1.807, 2.05) is 18.2 Å². The predicted octanol–water partition coefficient (Wildman–Crippen LogP) is 3.48. The van der Waals surface area contributed by atoms with Crippen LogP contribution < -0.4 is 9.64 Å². The number of anilines is 1. The molecule has 2 fully saturated rings. The van der Waals surface area contributed by atoms with E-state index in [-0.39, 0.29) is 5.92 Å². The third-order valence-electron chi connectivity index (χ3n) is 6.83. The Morgan fingerprint density at radius 1 is 1.00 bits per heavy atom.